The van der Waals surface area contributed by atoms with E-state index in [4.69, 9.17) is 0 Å². The highest BCUT2D eigenvalue weighted by molar-refractivity contribution is 9.10. The first kappa shape index (κ1) is 15.7. The molecule has 1 saturated carbocycles. The highest BCUT2D eigenvalue weighted by Gasteiger charge is 2.49. The number of anilines is 1. The molecule has 1 aliphatic carbocycles. The standard InChI is InChI=1S/C15H15BrN2O3S2/c16-10-2-1-3-11(6-10)18-12-7-23(20,21)8-13(12)22-15(18)17-14(19)9-4-5-9/h1-3,6,9,12-13H,4-5,7-8H2/t12-,13+/m0/s1. The minimum absolute atomic E-state index is 0.0512. The third kappa shape index (κ3) is 3.08. The molecule has 2 aliphatic heterocycles. The first-order chi connectivity index (χ1) is 10.9. The predicted molar refractivity (Wildman–Crippen MR) is 95.6 cm³/mol. The number of halogens is 1. The largest absolute Gasteiger partial charge is 0.316 e. The van der Waals surface area contributed by atoms with Crippen LogP contribution in [0.5, 0.6) is 0 Å². The molecule has 0 spiro atoms. The number of fused-ring (bicyclic) bond motifs is 1. The minimum atomic E-state index is -3.03. The van der Waals surface area contributed by atoms with Gasteiger partial charge in [0.1, 0.15) is 0 Å². The van der Waals surface area contributed by atoms with Crippen molar-refractivity contribution in [2.75, 3.05) is 16.4 Å². The van der Waals surface area contributed by atoms with Gasteiger partial charge in [-0.25, -0.2) is 8.42 Å². The molecule has 122 valence electrons. The maximum absolute atomic E-state index is 12.1. The summed E-state index contributed by atoms with van der Waals surface area (Å²) in [5, 5.41) is 0.592. The second-order valence-electron chi connectivity index (χ2n) is 6.16. The molecule has 2 heterocycles. The summed E-state index contributed by atoms with van der Waals surface area (Å²) in [6, 6.07) is 7.54. The monoisotopic (exact) mass is 414 g/mol. The van der Waals surface area contributed by atoms with Crippen molar-refractivity contribution in [2.24, 2.45) is 10.9 Å². The second-order valence-corrected chi connectivity index (χ2v) is 10.4. The number of hydrogen-bond acceptors (Lipinski definition) is 4. The zero-order chi connectivity index (χ0) is 16.2. The van der Waals surface area contributed by atoms with Gasteiger partial charge in [-0.3, -0.25) is 4.79 Å². The Hall–Kier alpha value is -0.860. The fourth-order valence-corrected chi connectivity index (χ4v) is 7.31. The van der Waals surface area contributed by atoms with E-state index in [1.165, 1.54) is 11.8 Å². The van der Waals surface area contributed by atoms with Crippen molar-refractivity contribution >= 4 is 54.3 Å². The molecule has 0 bridgehead atoms. The molecule has 1 aromatic carbocycles. The van der Waals surface area contributed by atoms with Crippen LogP contribution in [0.2, 0.25) is 0 Å². The molecular formula is C15H15BrN2O3S2. The van der Waals surface area contributed by atoms with E-state index < -0.39 is 9.84 Å². The zero-order valence-corrected chi connectivity index (χ0v) is 15.4. The molecule has 23 heavy (non-hydrogen) atoms. The number of thioether (sulfide) groups is 1. The number of hydrogen-bond donors (Lipinski definition) is 0. The summed E-state index contributed by atoms with van der Waals surface area (Å²) < 4.78 is 24.9. The summed E-state index contributed by atoms with van der Waals surface area (Å²) >= 11 is 4.88. The van der Waals surface area contributed by atoms with Crippen molar-refractivity contribution in [1.82, 2.24) is 0 Å². The second kappa shape index (κ2) is 5.60. The molecule has 3 fully saturated rings. The molecule has 4 rings (SSSR count). The third-order valence-electron chi connectivity index (χ3n) is 4.29. The number of amides is 1. The number of benzene rings is 1. The van der Waals surface area contributed by atoms with E-state index in [-0.39, 0.29) is 34.6 Å². The number of carbonyl (C=O) groups is 1. The normalized spacial score (nSPS) is 30.7. The topological polar surface area (TPSA) is 66.8 Å². The Labute approximate surface area is 147 Å². The molecule has 5 nitrogen and oxygen atoms in total. The fraction of sp³-hybridized carbons (Fsp3) is 0.467. The fourth-order valence-electron chi connectivity index (χ4n) is 3.01. The van der Waals surface area contributed by atoms with Crippen LogP contribution in [0.3, 0.4) is 0 Å². The van der Waals surface area contributed by atoms with E-state index >= 15 is 0 Å². The van der Waals surface area contributed by atoms with E-state index in [1.54, 1.807) is 0 Å². The Morgan fingerprint density at radius 1 is 1.30 bits per heavy atom. The lowest BCUT2D eigenvalue weighted by Gasteiger charge is -2.24. The number of amidine groups is 1. The SMILES string of the molecule is O=C(N=C1S[C@@H]2CS(=O)(=O)C[C@@H]2N1c1cccc(Br)c1)C1CC1. The van der Waals surface area contributed by atoms with Crippen LogP contribution in [0.1, 0.15) is 12.8 Å². The predicted octanol–water partition coefficient (Wildman–Crippen LogP) is 2.46. The van der Waals surface area contributed by atoms with Gasteiger partial charge < -0.3 is 4.90 Å². The Bertz CT molecular complexity index is 805. The first-order valence-corrected chi connectivity index (χ1v) is 11.0. The lowest BCUT2D eigenvalue weighted by atomic mass is 10.2. The zero-order valence-electron chi connectivity index (χ0n) is 12.2. The van der Waals surface area contributed by atoms with Crippen molar-refractivity contribution in [3.63, 3.8) is 0 Å². The van der Waals surface area contributed by atoms with Gasteiger partial charge in [-0.2, -0.15) is 4.99 Å². The Morgan fingerprint density at radius 3 is 2.78 bits per heavy atom. The van der Waals surface area contributed by atoms with Gasteiger partial charge in [0, 0.05) is 21.3 Å². The van der Waals surface area contributed by atoms with Gasteiger partial charge in [0.25, 0.3) is 5.91 Å². The van der Waals surface area contributed by atoms with Crippen LogP contribution in [-0.4, -0.2) is 42.3 Å². The Balaban J connectivity index is 1.73. The average molecular weight is 415 g/mol. The lowest BCUT2D eigenvalue weighted by Crippen LogP contribution is -2.37. The van der Waals surface area contributed by atoms with Crippen LogP contribution in [0.15, 0.2) is 33.7 Å². The number of aliphatic imine (C=N–C) groups is 1. The number of nitrogens with zero attached hydrogens (tertiary/aromatic N) is 2. The lowest BCUT2D eigenvalue weighted by molar-refractivity contribution is -0.118. The molecule has 0 aromatic heterocycles. The van der Waals surface area contributed by atoms with Gasteiger partial charge in [-0.1, -0.05) is 33.8 Å². The van der Waals surface area contributed by atoms with Gasteiger partial charge in [0.15, 0.2) is 15.0 Å². The first-order valence-electron chi connectivity index (χ1n) is 7.47. The van der Waals surface area contributed by atoms with E-state index in [9.17, 15) is 13.2 Å². The maximum atomic E-state index is 12.1. The van der Waals surface area contributed by atoms with Crippen LogP contribution in [0.4, 0.5) is 5.69 Å². The summed E-state index contributed by atoms with van der Waals surface area (Å²) in [6.07, 6.45) is 1.83. The maximum Gasteiger partial charge on any atom is 0.251 e. The van der Waals surface area contributed by atoms with Crippen LogP contribution in [0.25, 0.3) is 0 Å². The number of sulfone groups is 1. The van der Waals surface area contributed by atoms with Gasteiger partial charge in [-0.15, -0.1) is 0 Å². The number of rotatable bonds is 2. The van der Waals surface area contributed by atoms with Gasteiger partial charge in [0.2, 0.25) is 0 Å². The molecule has 8 heteroatoms. The molecule has 3 aliphatic rings. The van der Waals surface area contributed by atoms with Crippen molar-refractivity contribution in [1.29, 1.82) is 0 Å². The molecule has 0 unspecified atom stereocenters. The van der Waals surface area contributed by atoms with Crippen molar-refractivity contribution < 1.29 is 13.2 Å². The smallest absolute Gasteiger partial charge is 0.251 e. The summed E-state index contributed by atoms with van der Waals surface area (Å²) in [6.45, 7) is 0. The van der Waals surface area contributed by atoms with Gasteiger partial charge >= 0.3 is 0 Å². The van der Waals surface area contributed by atoms with Crippen molar-refractivity contribution in [3.8, 4) is 0 Å². The molecule has 1 amide bonds. The number of carbonyl (C=O) groups excluding carboxylic acids is 1. The van der Waals surface area contributed by atoms with E-state index in [2.05, 4.69) is 20.9 Å². The van der Waals surface area contributed by atoms with Crippen LogP contribution < -0.4 is 4.90 Å². The van der Waals surface area contributed by atoms with Crippen molar-refractivity contribution in [3.05, 3.63) is 28.7 Å². The molecule has 0 N–H and O–H groups in total. The van der Waals surface area contributed by atoms with Gasteiger partial charge in [-0.05, 0) is 31.0 Å². The summed E-state index contributed by atoms with van der Waals surface area (Å²) in [4.78, 5) is 18.3. The molecule has 1 aromatic rings. The molecule has 2 atom stereocenters. The third-order valence-corrected chi connectivity index (χ3v) is 7.99. The molecular weight excluding hydrogens is 400 g/mol. The molecule has 2 saturated heterocycles. The molecule has 0 radical (unpaired) electrons. The van der Waals surface area contributed by atoms with Crippen LogP contribution >= 0.6 is 27.7 Å². The summed E-state index contributed by atoms with van der Waals surface area (Å²) in [7, 11) is -3.03. The van der Waals surface area contributed by atoms with E-state index in [0.29, 0.717) is 5.17 Å². The van der Waals surface area contributed by atoms with Crippen LogP contribution in [0, 0.1) is 5.92 Å². The van der Waals surface area contributed by atoms with E-state index in [1.807, 2.05) is 29.2 Å². The average Bonchev–Trinajstić information content (AvgIpc) is 3.20. The quantitative estimate of drug-likeness (QED) is 0.743. The van der Waals surface area contributed by atoms with Gasteiger partial charge in [0.05, 0.1) is 17.5 Å². The minimum Gasteiger partial charge on any atom is -0.316 e. The van der Waals surface area contributed by atoms with Crippen molar-refractivity contribution in [2.45, 2.75) is 24.1 Å². The highest BCUT2D eigenvalue weighted by Crippen LogP contribution is 2.42. The van der Waals surface area contributed by atoms with E-state index in [0.717, 1.165) is 23.0 Å². The highest BCUT2D eigenvalue weighted by atomic mass is 79.9. The Morgan fingerprint density at radius 2 is 2.09 bits per heavy atom. The van der Waals surface area contributed by atoms with Crippen LogP contribution in [-0.2, 0) is 14.6 Å². The summed E-state index contributed by atoms with van der Waals surface area (Å²) in [5.41, 5.74) is 0.874. The Kier molecular flexibility index (Phi) is 3.81. The summed E-state index contributed by atoms with van der Waals surface area (Å²) in [5.74, 6) is 0.268.